The van der Waals surface area contributed by atoms with Crippen molar-refractivity contribution in [3.63, 3.8) is 0 Å². The van der Waals surface area contributed by atoms with Crippen LogP contribution in [0.3, 0.4) is 0 Å². The highest BCUT2D eigenvalue weighted by molar-refractivity contribution is 5.84. The Balaban J connectivity index is 1.82. The predicted octanol–water partition coefficient (Wildman–Crippen LogP) is 3.92. The Kier molecular flexibility index (Phi) is 3.92. The molecule has 0 radical (unpaired) electrons. The molecule has 3 heteroatoms. The third-order valence-corrected chi connectivity index (χ3v) is 5.09. The molecule has 0 bridgehead atoms. The molecule has 2 atom stereocenters. The zero-order valence-electron chi connectivity index (χ0n) is 13.0. The Morgan fingerprint density at radius 3 is 2.52 bits per heavy atom. The molecule has 21 heavy (non-hydrogen) atoms. The fraction of sp³-hybridized carbons (Fsp3) is 0.611. The minimum Gasteiger partial charge on any atom is -0.467 e. The van der Waals surface area contributed by atoms with Gasteiger partial charge in [-0.05, 0) is 63.0 Å². The first-order valence-corrected chi connectivity index (χ1v) is 8.06. The highest BCUT2D eigenvalue weighted by Gasteiger charge is 2.47. The number of carbonyl (C=O) groups excluding carboxylic acids is 1. The van der Waals surface area contributed by atoms with Gasteiger partial charge in [-0.25, -0.2) is 4.79 Å². The number of ether oxygens (including phenoxy) is 1. The van der Waals surface area contributed by atoms with E-state index in [1.807, 2.05) is 0 Å². The number of hydrogen-bond acceptors (Lipinski definition) is 3. The molecule has 0 heterocycles. The maximum atomic E-state index is 12.5. The Hall–Kier alpha value is -1.51. The van der Waals surface area contributed by atoms with Crippen molar-refractivity contribution in [3.05, 3.63) is 29.8 Å². The number of hydrogen-bond donors (Lipinski definition) is 1. The average molecular weight is 287 g/mol. The molecule has 2 unspecified atom stereocenters. The second-order valence-corrected chi connectivity index (χ2v) is 6.76. The number of carbonyl (C=O) groups is 1. The first kappa shape index (κ1) is 14.4. The zero-order valence-corrected chi connectivity index (χ0v) is 13.0. The van der Waals surface area contributed by atoms with Crippen molar-refractivity contribution >= 4 is 11.7 Å². The molecule has 0 aromatic heterocycles. The van der Waals surface area contributed by atoms with Crippen LogP contribution >= 0.6 is 0 Å². The van der Waals surface area contributed by atoms with Crippen molar-refractivity contribution in [2.24, 2.45) is 11.8 Å². The van der Waals surface area contributed by atoms with Crippen molar-refractivity contribution in [1.29, 1.82) is 0 Å². The molecular weight excluding hydrogens is 262 g/mol. The number of rotatable bonds is 4. The summed E-state index contributed by atoms with van der Waals surface area (Å²) < 4.78 is 5.14. The summed E-state index contributed by atoms with van der Waals surface area (Å²) in [4.78, 5) is 12.5. The third-order valence-electron chi connectivity index (χ3n) is 5.09. The second-order valence-electron chi connectivity index (χ2n) is 6.76. The molecule has 0 spiro atoms. The molecule has 2 fully saturated rings. The van der Waals surface area contributed by atoms with E-state index in [0.717, 1.165) is 30.9 Å². The lowest BCUT2D eigenvalue weighted by Crippen LogP contribution is -2.50. The largest absolute Gasteiger partial charge is 0.467 e. The summed E-state index contributed by atoms with van der Waals surface area (Å²) in [6.07, 6.45) is 6.84. The van der Waals surface area contributed by atoms with Gasteiger partial charge in [-0.1, -0.05) is 24.1 Å². The summed E-state index contributed by atoms with van der Waals surface area (Å²) in [5.41, 5.74) is 1.71. The van der Waals surface area contributed by atoms with Crippen molar-refractivity contribution in [2.75, 3.05) is 12.4 Å². The number of benzene rings is 1. The smallest absolute Gasteiger partial charge is 0.331 e. The molecular formula is C18H25NO2. The van der Waals surface area contributed by atoms with Gasteiger partial charge in [-0.2, -0.15) is 0 Å². The Morgan fingerprint density at radius 2 is 1.90 bits per heavy atom. The van der Waals surface area contributed by atoms with Crippen LogP contribution in [0.4, 0.5) is 5.69 Å². The SMILES string of the molecule is COC(=O)C1(Nc2ccc(C)cc2)CCCC(C2CC2)C1. The molecule has 1 N–H and O–H groups in total. The van der Waals surface area contributed by atoms with Gasteiger partial charge >= 0.3 is 5.97 Å². The van der Waals surface area contributed by atoms with E-state index in [1.54, 1.807) is 0 Å². The monoisotopic (exact) mass is 287 g/mol. The van der Waals surface area contributed by atoms with Crippen LogP contribution in [0.15, 0.2) is 24.3 Å². The normalized spacial score (nSPS) is 29.0. The van der Waals surface area contributed by atoms with Crippen LogP contribution in [0.5, 0.6) is 0 Å². The predicted molar refractivity (Wildman–Crippen MR) is 84.2 cm³/mol. The summed E-state index contributed by atoms with van der Waals surface area (Å²) in [5.74, 6) is 1.42. The van der Waals surface area contributed by atoms with Gasteiger partial charge in [0.15, 0.2) is 0 Å². The molecule has 2 saturated carbocycles. The van der Waals surface area contributed by atoms with E-state index < -0.39 is 5.54 Å². The molecule has 1 aromatic carbocycles. The van der Waals surface area contributed by atoms with Gasteiger partial charge in [0.1, 0.15) is 5.54 Å². The van der Waals surface area contributed by atoms with E-state index in [2.05, 4.69) is 36.5 Å². The van der Waals surface area contributed by atoms with Crippen LogP contribution in [-0.4, -0.2) is 18.6 Å². The van der Waals surface area contributed by atoms with Gasteiger partial charge in [-0.15, -0.1) is 0 Å². The first-order valence-electron chi connectivity index (χ1n) is 8.06. The van der Waals surface area contributed by atoms with Gasteiger partial charge in [0, 0.05) is 5.69 Å². The molecule has 0 saturated heterocycles. The molecule has 2 aliphatic rings. The summed E-state index contributed by atoms with van der Waals surface area (Å²) in [6, 6.07) is 8.27. The average Bonchev–Trinajstić information content (AvgIpc) is 3.34. The van der Waals surface area contributed by atoms with Crippen LogP contribution < -0.4 is 5.32 Å². The van der Waals surface area contributed by atoms with Gasteiger partial charge in [0.25, 0.3) is 0 Å². The van der Waals surface area contributed by atoms with Crippen LogP contribution in [0.25, 0.3) is 0 Å². The molecule has 3 nitrogen and oxygen atoms in total. The van der Waals surface area contributed by atoms with E-state index >= 15 is 0 Å². The van der Waals surface area contributed by atoms with E-state index in [9.17, 15) is 4.79 Å². The van der Waals surface area contributed by atoms with Crippen LogP contribution in [0, 0.1) is 18.8 Å². The fourth-order valence-electron chi connectivity index (χ4n) is 3.75. The van der Waals surface area contributed by atoms with E-state index in [1.165, 1.54) is 31.9 Å². The van der Waals surface area contributed by atoms with Crippen molar-refractivity contribution in [1.82, 2.24) is 0 Å². The molecule has 0 aliphatic heterocycles. The highest BCUT2D eigenvalue weighted by Crippen LogP contribution is 2.47. The number of methoxy groups -OCH3 is 1. The zero-order chi connectivity index (χ0) is 14.9. The van der Waals surface area contributed by atoms with Crippen molar-refractivity contribution in [2.45, 2.75) is 51.0 Å². The second kappa shape index (κ2) is 5.70. The van der Waals surface area contributed by atoms with Crippen molar-refractivity contribution < 1.29 is 9.53 Å². The van der Waals surface area contributed by atoms with Crippen LogP contribution in [-0.2, 0) is 9.53 Å². The lowest BCUT2D eigenvalue weighted by atomic mass is 9.73. The number of aryl methyl sites for hydroxylation is 1. The maximum absolute atomic E-state index is 12.5. The minimum absolute atomic E-state index is 0.103. The third kappa shape index (κ3) is 3.07. The molecule has 1 aromatic rings. The fourth-order valence-corrected chi connectivity index (χ4v) is 3.75. The molecule has 114 valence electrons. The van der Waals surface area contributed by atoms with Gasteiger partial charge < -0.3 is 10.1 Å². The maximum Gasteiger partial charge on any atom is 0.331 e. The minimum atomic E-state index is -0.532. The Morgan fingerprint density at radius 1 is 1.19 bits per heavy atom. The van der Waals surface area contributed by atoms with E-state index in [-0.39, 0.29) is 5.97 Å². The van der Waals surface area contributed by atoms with Gasteiger partial charge in [-0.3, -0.25) is 0 Å². The van der Waals surface area contributed by atoms with Gasteiger partial charge in [0.05, 0.1) is 7.11 Å². The van der Waals surface area contributed by atoms with Crippen molar-refractivity contribution in [3.8, 4) is 0 Å². The Labute approximate surface area is 127 Å². The summed E-state index contributed by atoms with van der Waals surface area (Å²) in [6.45, 7) is 2.07. The summed E-state index contributed by atoms with van der Waals surface area (Å²) in [7, 11) is 1.50. The van der Waals surface area contributed by atoms with Crippen LogP contribution in [0.1, 0.15) is 44.1 Å². The van der Waals surface area contributed by atoms with Gasteiger partial charge in [0.2, 0.25) is 0 Å². The summed E-state index contributed by atoms with van der Waals surface area (Å²) in [5, 5.41) is 3.51. The van der Waals surface area contributed by atoms with Crippen LogP contribution in [0.2, 0.25) is 0 Å². The highest BCUT2D eigenvalue weighted by atomic mass is 16.5. The van der Waals surface area contributed by atoms with E-state index in [0.29, 0.717) is 5.92 Å². The lowest BCUT2D eigenvalue weighted by Gasteiger charge is -2.40. The van der Waals surface area contributed by atoms with E-state index in [4.69, 9.17) is 4.74 Å². The Bertz CT molecular complexity index is 506. The molecule has 2 aliphatic carbocycles. The molecule has 3 rings (SSSR count). The molecule has 0 amide bonds. The quantitative estimate of drug-likeness (QED) is 0.853. The number of esters is 1. The summed E-state index contributed by atoms with van der Waals surface area (Å²) >= 11 is 0. The number of anilines is 1. The lowest BCUT2D eigenvalue weighted by molar-refractivity contribution is -0.148. The number of nitrogens with one attached hydrogen (secondary N) is 1. The standard InChI is InChI=1S/C18H25NO2/c1-13-5-9-16(10-6-13)19-18(17(20)21-2)11-3-4-15(12-18)14-7-8-14/h5-6,9-10,14-15,19H,3-4,7-8,11-12H2,1-2H3. The topological polar surface area (TPSA) is 38.3 Å². The first-order chi connectivity index (χ1) is 10.1.